The van der Waals surface area contributed by atoms with Gasteiger partial charge in [-0.3, -0.25) is 0 Å². The van der Waals surface area contributed by atoms with E-state index in [-0.39, 0.29) is 11.6 Å². The first kappa shape index (κ1) is 15.5. The maximum absolute atomic E-state index is 11.2. The molecule has 2 aromatic rings. The molecule has 1 aromatic carbocycles. The van der Waals surface area contributed by atoms with Crippen LogP contribution in [0.2, 0.25) is 0 Å². The van der Waals surface area contributed by atoms with Crippen molar-refractivity contribution in [1.82, 2.24) is 4.98 Å². The Labute approximate surface area is 132 Å². The van der Waals surface area contributed by atoms with Crippen LogP contribution >= 0.6 is 15.9 Å². The number of carboxylic acid groups (broad SMARTS) is 1. The number of aromatic nitrogens is 1. The van der Waals surface area contributed by atoms with Gasteiger partial charge in [0.1, 0.15) is 5.82 Å². The minimum absolute atomic E-state index is 0.0411. The quantitative estimate of drug-likeness (QED) is 0.846. The number of carbonyl (C=O) groups is 1. The number of carboxylic acids is 1. The van der Waals surface area contributed by atoms with Crippen LogP contribution in [-0.2, 0) is 6.42 Å². The van der Waals surface area contributed by atoms with Gasteiger partial charge in [-0.15, -0.1) is 0 Å². The molecule has 0 aliphatic carbocycles. The fourth-order valence-corrected chi connectivity index (χ4v) is 2.29. The Kier molecular flexibility index (Phi) is 4.96. The second kappa shape index (κ2) is 6.72. The van der Waals surface area contributed by atoms with Gasteiger partial charge in [0.2, 0.25) is 0 Å². The molecular weight excluding hydrogens is 332 g/mol. The molecule has 1 atom stereocenters. The van der Waals surface area contributed by atoms with Crippen LogP contribution in [0.4, 0.5) is 5.82 Å². The molecular formula is C16H17BrN2O2. The first-order valence-electron chi connectivity index (χ1n) is 6.76. The molecule has 21 heavy (non-hydrogen) atoms. The van der Waals surface area contributed by atoms with Gasteiger partial charge in [0, 0.05) is 16.2 Å². The van der Waals surface area contributed by atoms with Crippen molar-refractivity contribution in [1.29, 1.82) is 0 Å². The summed E-state index contributed by atoms with van der Waals surface area (Å²) in [5, 5.41) is 12.4. The van der Waals surface area contributed by atoms with Gasteiger partial charge in [-0.2, -0.15) is 0 Å². The second-order valence-electron chi connectivity index (χ2n) is 4.81. The van der Waals surface area contributed by atoms with Crippen molar-refractivity contribution < 1.29 is 9.90 Å². The van der Waals surface area contributed by atoms with Crippen molar-refractivity contribution in [3.63, 3.8) is 0 Å². The highest BCUT2D eigenvalue weighted by atomic mass is 79.9. The Morgan fingerprint density at radius 1 is 1.33 bits per heavy atom. The highest BCUT2D eigenvalue weighted by Crippen LogP contribution is 2.21. The molecule has 0 fully saturated rings. The lowest BCUT2D eigenvalue weighted by atomic mass is 10.1. The Hall–Kier alpha value is -1.88. The van der Waals surface area contributed by atoms with E-state index in [4.69, 9.17) is 5.11 Å². The van der Waals surface area contributed by atoms with Gasteiger partial charge in [0.05, 0.1) is 5.56 Å². The summed E-state index contributed by atoms with van der Waals surface area (Å²) < 4.78 is 1.03. The first-order valence-corrected chi connectivity index (χ1v) is 7.55. The van der Waals surface area contributed by atoms with Gasteiger partial charge in [-0.05, 0) is 43.2 Å². The van der Waals surface area contributed by atoms with Crippen LogP contribution in [-0.4, -0.2) is 16.1 Å². The van der Waals surface area contributed by atoms with Crippen molar-refractivity contribution in [2.45, 2.75) is 26.3 Å². The molecule has 0 spiro atoms. The first-order chi connectivity index (χ1) is 9.99. The number of aryl methyl sites for hydroxylation is 1. The van der Waals surface area contributed by atoms with E-state index in [0.717, 1.165) is 15.7 Å². The summed E-state index contributed by atoms with van der Waals surface area (Å²) in [7, 11) is 0. The van der Waals surface area contributed by atoms with Crippen LogP contribution in [0.1, 0.15) is 41.5 Å². The molecule has 2 N–H and O–H groups in total. The topological polar surface area (TPSA) is 62.2 Å². The number of rotatable bonds is 5. The summed E-state index contributed by atoms with van der Waals surface area (Å²) >= 11 is 3.41. The van der Waals surface area contributed by atoms with Gasteiger partial charge in [0.25, 0.3) is 0 Å². The monoisotopic (exact) mass is 348 g/mol. The Morgan fingerprint density at radius 2 is 2.00 bits per heavy atom. The van der Waals surface area contributed by atoms with Crippen molar-refractivity contribution in [3.05, 3.63) is 57.7 Å². The molecule has 5 heteroatoms. The summed E-state index contributed by atoms with van der Waals surface area (Å²) in [4.78, 5) is 15.6. The highest BCUT2D eigenvalue weighted by Gasteiger charge is 2.11. The van der Waals surface area contributed by atoms with E-state index in [1.807, 2.05) is 38.1 Å². The number of benzene rings is 1. The second-order valence-corrected chi connectivity index (χ2v) is 5.72. The number of nitrogens with zero attached hydrogens (tertiary/aromatic N) is 1. The highest BCUT2D eigenvalue weighted by molar-refractivity contribution is 9.10. The van der Waals surface area contributed by atoms with Gasteiger partial charge in [0.15, 0.2) is 0 Å². The third-order valence-corrected chi connectivity index (χ3v) is 3.75. The number of pyridine rings is 1. The largest absolute Gasteiger partial charge is 0.478 e. The molecule has 0 saturated carbocycles. The van der Waals surface area contributed by atoms with E-state index in [9.17, 15) is 4.79 Å². The Balaban J connectivity index is 2.23. The molecule has 4 nitrogen and oxygen atoms in total. The van der Waals surface area contributed by atoms with Crippen LogP contribution in [0.5, 0.6) is 0 Å². The maximum atomic E-state index is 11.2. The number of hydrogen-bond donors (Lipinski definition) is 2. The molecule has 110 valence electrons. The number of aromatic carboxylic acids is 1. The van der Waals surface area contributed by atoms with E-state index in [1.54, 1.807) is 12.1 Å². The molecule has 0 bridgehead atoms. The zero-order chi connectivity index (χ0) is 15.4. The number of hydrogen-bond acceptors (Lipinski definition) is 3. The molecule has 0 amide bonds. The van der Waals surface area contributed by atoms with Crippen LogP contribution in [0.15, 0.2) is 40.9 Å². The van der Waals surface area contributed by atoms with Gasteiger partial charge < -0.3 is 10.4 Å². The average Bonchev–Trinajstić information content (AvgIpc) is 2.47. The summed E-state index contributed by atoms with van der Waals surface area (Å²) in [5.74, 6) is -0.353. The van der Waals surface area contributed by atoms with Crippen molar-refractivity contribution in [2.24, 2.45) is 0 Å². The lowest BCUT2D eigenvalue weighted by Crippen LogP contribution is -2.10. The molecule has 0 radical (unpaired) electrons. The summed E-state index contributed by atoms with van der Waals surface area (Å²) in [6.07, 6.45) is 0.697. The number of halogens is 1. The van der Waals surface area contributed by atoms with Gasteiger partial charge in [-0.1, -0.05) is 35.0 Å². The van der Waals surface area contributed by atoms with Crippen LogP contribution in [0.3, 0.4) is 0 Å². The number of anilines is 1. The zero-order valence-corrected chi connectivity index (χ0v) is 13.5. The lowest BCUT2D eigenvalue weighted by molar-refractivity contribution is 0.0696. The zero-order valence-electron chi connectivity index (χ0n) is 11.9. The van der Waals surface area contributed by atoms with E-state index in [2.05, 4.69) is 26.2 Å². The van der Waals surface area contributed by atoms with Crippen molar-refractivity contribution >= 4 is 27.7 Å². The Bertz CT molecular complexity index is 641. The SMILES string of the molecule is CCc1cc(C(=O)O)cc(NC(C)c2ccc(Br)cc2)n1. The molecule has 2 rings (SSSR count). The molecule has 0 aliphatic rings. The van der Waals surface area contributed by atoms with E-state index in [1.165, 1.54) is 0 Å². The minimum Gasteiger partial charge on any atom is -0.478 e. The molecule has 0 aliphatic heterocycles. The van der Waals surface area contributed by atoms with Crippen LogP contribution in [0, 0.1) is 0 Å². The number of nitrogens with one attached hydrogen (secondary N) is 1. The average molecular weight is 349 g/mol. The standard InChI is InChI=1S/C16H17BrN2O2/c1-3-14-8-12(16(20)21)9-15(19-14)18-10(2)11-4-6-13(17)7-5-11/h4-10H,3H2,1-2H3,(H,18,19)(H,20,21). The normalized spacial score (nSPS) is 12.0. The summed E-state index contributed by atoms with van der Waals surface area (Å²) in [6, 6.07) is 11.2. The predicted molar refractivity (Wildman–Crippen MR) is 86.8 cm³/mol. The maximum Gasteiger partial charge on any atom is 0.335 e. The predicted octanol–water partition coefficient (Wildman–Crippen LogP) is 4.28. The molecule has 1 aromatic heterocycles. The molecule has 0 saturated heterocycles. The van der Waals surface area contributed by atoms with E-state index in [0.29, 0.717) is 12.2 Å². The Morgan fingerprint density at radius 3 is 2.57 bits per heavy atom. The van der Waals surface area contributed by atoms with Crippen LogP contribution in [0.25, 0.3) is 0 Å². The van der Waals surface area contributed by atoms with E-state index >= 15 is 0 Å². The van der Waals surface area contributed by atoms with Gasteiger partial charge in [-0.25, -0.2) is 9.78 Å². The van der Waals surface area contributed by atoms with Crippen molar-refractivity contribution in [2.75, 3.05) is 5.32 Å². The van der Waals surface area contributed by atoms with E-state index < -0.39 is 5.97 Å². The molecule has 1 unspecified atom stereocenters. The van der Waals surface area contributed by atoms with Crippen LogP contribution < -0.4 is 5.32 Å². The summed E-state index contributed by atoms with van der Waals surface area (Å²) in [6.45, 7) is 3.97. The van der Waals surface area contributed by atoms with Crippen molar-refractivity contribution in [3.8, 4) is 0 Å². The minimum atomic E-state index is -0.938. The molecule has 1 heterocycles. The third kappa shape index (κ3) is 4.04. The summed E-state index contributed by atoms with van der Waals surface area (Å²) in [5.41, 5.74) is 2.13. The fourth-order valence-electron chi connectivity index (χ4n) is 2.02. The third-order valence-electron chi connectivity index (χ3n) is 3.22. The lowest BCUT2D eigenvalue weighted by Gasteiger charge is -2.16. The van der Waals surface area contributed by atoms with Gasteiger partial charge >= 0.3 is 5.97 Å². The smallest absolute Gasteiger partial charge is 0.335 e. The fraction of sp³-hybridized carbons (Fsp3) is 0.250.